The van der Waals surface area contributed by atoms with E-state index in [1.54, 1.807) is 7.05 Å². The van der Waals surface area contributed by atoms with Crippen molar-refractivity contribution in [1.29, 1.82) is 0 Å². The van der Waals surface area contributed by atoms with Crippen LogP contribution in [0.3, 0.4) is 0 Å². The number of nitrogens with one attached hydrogen (secondary N) is 2. The van der Waals surface area contributed by atoms with Gasteiger partial charge in [-0.1, -0.05) is 38.0 Å². The van der Waals surface area contributed by atoms with Crippen LogP contribution in [0.25, 0.3) is 11.0 Å². The van der Waals surface area contributed by atoms with E-state index in [-0.39, 0.29) is 0 Å². The number of guanidine groups is 1. The minimum atomic E-state index is 0.641. The fourth-order valence-electron chi connectivity index (χ4n) is 2.10. The first-order chi connectivity index (χ1) is 9.83. The molecule has 0 saturated heterocycles. The van der Waals surface area contributed by atoms with E-state index in [4.69, 9.17) is 4.42 Å². The Morgan fingerprint density at radius 1 is 1.20 bits per heavy atom. The molecule has 0 spiro atoms. The molecule has 0 fully saturated rings. The van der Waals surface area contributed by atoms with E-state index in [0.29, 0.717) is 6.54 Å². The van der Waals surface area contributed by atoms with Gasteiger partial charge in [-0.25, -0.2) is 0 Å². The van der Waals surface area contributed by atoms with E-state index >= 15 is 0 Å². The Bertz CT molecular complexity index is 527. The summed E-state index contributed by atoms with van der Waals surface area (Å²) in [7, 11) is 1.79. The molecule has 2 N–H and O–H groups in total. The van der Waals surface area contributed by atoms with Gasteiger partial charge in [-0.15, -0.1) is 0 Å². The largest absolute Gasteiger partial charge is 0.459 e. The van der Waals surface area contributed by atoms with Crippen LogP contribution < -0.4 is 10.6 Å². The van der Waals surface area contributed by atoms with Crippen LogP contribution in [0.2, 0.25) is 0 Å². The Hall–Kier alpha value is -1.97. The molecule has 0 unspecified atom stereocenters. The maximum atomic E-state index is 5.76. The average molecular weight is 273 g/mol. The van der Waals surface area contributed by atoms with Gasteiger partial charge in [-0.2, -0.15) is 0 Å². The van der Waals surface area contributed by atoms with Gasteiger partial charge in [0.15, 0.2) is 5.96 Å². The molecule has 4 heteroatoms. The first-order valence-electron chi connectivity index (χ1n) is 7.25. The molecule has 0 aliphatic rings. The Morgan fingerprint density at radius 3 is 2.80 bits per heavy atom. The lowest BCUT2D eigenvalue weighted by Gasteiger charge is -2.10. The second kappa shape index (κ2) is 7.58. The van der Waals surface area contributed by atoms with E-state index in [9.17, 15) is 0 Å². The normalized spacial score (nSPS) is 11.8. The standard InChI is InChI=1S/C16H23N3O/c1-3-4-7-10-18-16(17-2)19-12-14-11-13-8-5-6-9-15(13)20-14/h5-6,8-9,11H,3-4,7,10,12H2,1-2H3,(H2,17,18,19). The fraction of sp³-hybridized carbons (Fsp3) is 0.438. The first-order valence-corrected chi connectivity index (χ1v) is 7.25. The predicted octanol–water partition coefficient (Wildman–Crippen LogP) is 3.29. The molecule has 1 aromatic carbocycles. The fourth-order valence-corrected chi connectivity index (χ4v) is 2.10. The highest BCUT2D eigenvalue weighted by molar-refractivity contribution is 5.80. The third-order valence-electron chi connectivity index (χ3n) is 3.20. The van der Waals surface area contributed by atoms with Crippen LogP contribution in [-0.2, 0) is 6.54 Å². The second-order valence-corrected chi connectivity index (χ2v) is 4.81. The summed E-state index contributed by atoms with van der Waals surface area (Å²) in [5.74, 6) is 1.74. The van der Waals surface area contributed by atoms with Crippen LogP contribution in [0.4, 0.5) is 0 Å². The van der Waals surface area contributed by atoms with Gasteiger partial charge in [0, 0.05) is 19.0 Å². The molecule has 2 aromatic rings. The number of hydrogen-bond acceptors (Lipinski definition) is 2. The molecule has 1 heterocycles. The highest BCUT2D eigenvalue weighted by Crippen LogP contribution is 2.18. The quantitative estimate of drug-likeness (QED) is 0.482. The molecular weight excluding hydrogens is 250 g/mol. The molecule has 0 aliphatic heterocycles. The molecule has 1 aromatic heterocycles. The SMILES string of the molecule is CCCCCNC(=NC)NCc1cc2ccccc2o1. The number of aliphatic imine (C=N–C) groups is 1. The van der Waals surface area contributed by atoms with Crippen molar-refractivity contribution in [2.24, 2.45) is 4.99 Å². The Labute approximate surface area is 120 Å². The lowest BCUT2D eigenvalue weighted by molar-refractivity contribution is 0.538. The topological polar surface area (TPSA) is 49.6 Å². The Balaban J connectivity index is 1.83. The number of hydrogen-bond donors (Lipinski definition) is 2. The molecule has 4 nitrogen and oxygen atoms in total. The highest BCUT2D eigenvalue weighted by Gasteiger charge is 2.03. The number of nitrogens with zero attached hydrogens (tertiary/aromatic N) is 1. The zero-order chi connectivity index (χ0) is 14.2. The summed E-state index contributed by atoms with van der Waals surface area (Å²) >= 11 is 0. The highest BCUT2D eigenvalue weighted by atomic mass is 16.3. The summed E-state index contributed by atoms with van der Waals surface area (Å²) < 4.78 is 5.76. The summed E-state index contributed by atoms with van der Waals surface area (Å²) in [6, 6.07) is 10.1. The van der Waals surface area contributed by atoms with Gasteiger partial charge in [0.25, 0.3) is 0 Å². The molecule has 0 radical (unpaired) electrons. The second-order valence-electron chi connectivity index (χ2n) is 4.81. The zero-order valence-corrected chi connectivity index (χ0v) is 12.3. The summed E-state index contributed by atoms with van der Waals surface area (Å²) in [4.78, 5) is 4.21. The summed E-state index contributed by atoms with van der Waals surface area (Å²) in [6.07, 6.45) is 3.64. The molecule has 108 valence electrons. The molecule has 0 amide bonds. The number of unbranched alkanes of at least 4 members (excludes halogenated alkanes) is 2. The van der Waals surface area contributed by atoms with Crippen molar-refractivity contribution >= 4 is 16.9 Å². The van der Waals surface area contributed by atoms with Crippen molar-refractivity contribution in [2.75, 3.05) is 13.6 Å². The van der Waals surface area contributed by atoms with Crippen LogP contribution in [0.15, 0.2) is 39.7 Å². The average Bonchev–Trinajstić information content (AvgIpc) is 2.89. The van der Waals surface area contributed by atoms with E-state index in [0.717, 1.165) is 29.2 Å². The van der Waals surface area contributed by atoms with Gasteiger partial charge in [0.1, 0.15) is 11.3 Å². The monoisotopic (exact) mass is 273 g/mol. The Morgan fingerprint density at radius 2 is 2.05 bits per heavy atom. The van der Waals surface area contributed by atoms with Gasteiger partial charge in [0.05, 0.1) is 6.54 Å². The minimum absolute atomic E-state index is 0.641. The molecule has 0 saturated carbocycles. The maximum Gasteiger partial charge on any atom is 0.191 e. The summed E-state index contributed by atoms with van der Waals surface area (Å²) in [5, 5.41) is 7.71. The van der Waals surface area contributed by atoms with Gasteiger partial charge < -0.3 is 15.1 Å². The predicted molar refractivity (Wildman–Crippen MR) is 83.9 cm³/mol. The van der Waals surface area contributed by atoms with Gasteiger partial charge in [-0.05, 0) is 18.6 Å². The third kappa shape index (κ3) is 4.02. The zero-order valence-electron chi connectivity index (χ0n) is 12.3. The van der Waals surface area contributed by atoms with Crippen molar-refractivity contribution in [2.45, 2.75) is 32.7 Å². The lowest BCUT2D eigenvalue weighted by Crippen LogP contribution is -2.37. The maximum absolute atomic E-state index is 5.76. The van der Waals surface area contributed by atoms with E-state index in [1.807, 2.05) is 18.2 Å². The lowest BCUT2D eigenvalue weighted by atomic mass is 10.2. The molecule has 2 rings (SSSR count). The number of rotatable bonds is 6. The van der Waals surface area contributed by atoms with Gasteiger partial charge in [0.2, 0.25) is 0 Å². The number of para-hydroxylation sites is 1. The molecular formula is C16H23N3O. The number of furan rings is 1. The number of benzene rings is 1. The van der Waals surface area contributed by atoms with Crippen LogP contribution >= 0.6 is 0 Å². The van der Waals surface area contributed by atoms with Crippen LogP contribution in [0.5, 0.6) is 0 Å². The van der Waals surface area contributed by atoms with Crippen molar-refractivity contribution in [1.82, 2.24) is 10.6 Å². The Kier molecular flexibility index (Phi) is 5.47. The van der Waals surface area contributed by atoms with E-state index in [2.05, 4.69) is 34.7 Å². The molecule has 0 atom stereocenters. The number of fused-ring (bicyclic) bond motifs is 1. The minimum Gasteiger partial charge on any atom is -0.459 e. The summed E-state index contributed by atoms with van der Waals surface area (Å²) in [5.41, 5.74) is 0.926. The van der Waals surface area contributed by atoms with Crippen molar-refractivity contribution in [3.63, 3.8) is 0 Å². The van der Waals surface area contributed by atoms with Gasteiger partial charge in [-0.3, -0.25) is 4.99 Å². The molecule has 0 bridgehead atoms. The van der Waals surface area contributed by atoms with E-state index < -0.39 is 0 Å². The van der Waals surface area contributed by atoms with E-state index in [1.165, 1.54) is 19.3 Å². The summed E-state index contributed by atoms with van der Waals surface area (Å²) in [6.45, 7) is 3.80. The smallest absolute Gasteiger partial charge is 0.191 e. The third-order valence-corrected chi connectivity index (χ3v) is 3.20. The van der Waals surface area contributed by atoms with Crippen molar-refractivity contribution in [3.8, 4) is 0 Å². The molecule has 0 aliphatic carbocycles. The van der Waals surface area contributed by atoms with Crippen LogP contribution in [0.1, 0.15) is 31.9 Å². The van der Waals surface area contributed by atoms with Crippen LogP contribution in [0, 0.1) is 0 Å². The van der Waals surface area contributed by atoms with Gasteiger partial charge >= 0.3 is 0 Å². The molecule has 20 heavy (non-hydrogen) atoms. The van der Waals surface area contributed by atoms with Crippen molar-refractivity contribution in [3.05, 3.63) is 36.1 Å². The first kappa shape index (κ1) is 14.4. The van der Waals surface area contributed by atoms with Crippen LogP contribution in [-0.4, -0.2) is 19.6 Å². The van der Waals surface area contributed by atoms with Crippen molar-refractivity contribution < 1.29 is 4.42 Å².